The van der Waals surface area contributed by atoms with Gasteiger partial charge in [0.1, 0.15) is 17.3 Å². The molecule has 0 amide bonds. The summed E-state index contributed by atoms with van der Waals surface area (Å²) in [6, 6.07) is 0. The average molecular weight is 332 g/mol. The number of ketones is 3. The summed E-state index contributed by atoms with van der Waals surface area (Å²) in [5, 5.41) is 9.95. The normalized spacial score (nSPS) is 51.1. The number of hydrogen-bond acceptors (Lipinski definition) is 4. The summed E-state index contributed by atoms with van der Waals surface area (Å²) in [6.07, 6.45) is 5.08. The Kier molecular flexibility index (Phi) is 3.58. The first-order valence-electron chi connectivity index (χ1n) is 9.52. The molecule has 132 valence electrons. The molecule has 4 saturated carbocycles. The number of carbonyl (C=O) groups excluding carboxylic acids is 3. The molecular weight excluding hydrogens is 304 g/mol. The van der Waals surface area contributed by atoms with Crippen LogP contribution < -0.4 is 0 Å². The second-order valence-electron chi connectivity index (χ2n) is 9.20. The van der Waals surface area contributed by atoms with Crippen molar-refractivity contribution in [3.63, 3.8) is 0 Å². The summed E-state index contributed by atoms with van der Waals surface area (Å²) in [5.41, 5.74) is -0.392. The van der Waals surface area contributed by atoms with Gasteiger partial charge in [-0.15, -0.1) is 0 Å². The molecule has 0 aromatic carbocycles. The lowest BCUT2D eigenvalue weighted by molar-refractivity contribution is -0.170. The topological polar surface area (TPSA) is 71.4 Å². The number of Topliss-reactive ketones (excluding diaryl/α,β-unsaturated/α-hetero) is 3. The Morgan fingerprint density at radius 3 is 2.46 bits per heavy atom. The minimum absolute atomic E-state index is 0.0149. The molecule has 4 aliphatic rings. The zero-order valence-electron chi connectivity index (χ0n) is 14.7. The van der Waals surface area contributed by atoms with Crippen LogP contribution in [-0.2, 0) is 14.4 Å². The number of rotatable bonds is 1. The first-order valence-corrected chi connectivity index (χ1v) is 9.52. The van der Waals surface area contributed by atoms with Crippen LogP contribution in [0.1, 0.15) is 58.8 Å². The fraction of sp³-hybridized carbons (Fsp3) is 0.850. The van der Waals surface area contributed by atoms with Crippen molar-refractivity contribution in [2.75, 3.05) is 6.61 Å². The molecule has 0 aliphatic heterocycles. The van der Waals surface area contributed by atoms with E-state index in [-0.39, 0.29) is 52.7 Å². The molecule has 0 radical (unpaired) electrons. The van der Waals surface area contributed by atoms with Gasteiger partial charge in [0.25, 0.3) is 0 Å². The fourth-order valence-corrected chi connectivity index (χ4v) is 6.95. The summed E-state index contributed by atoms with van der Waals surface area (Å²) < 4.78 is 0. The summed E-state index contributed by atoms with van der Waals surface area (Å²) in [7, 11) is 0. The number of hydrogen-bond donors (Lipinski definition) is 1. The van der Waals surface area contributed by atoms with Crippen LogP contribution in [0.25, 0.3) is 0 Å². The van der Waals surface area contributed by atoms with Crippen LogP contribution in [0.3, 0.4) is 0 Å². The summed E-state index contributed by atoms with van der Waals surface area (Å²) >= 11 is 0. The van der Waals surface area contributed by atoms with Crippen LogP contribution >= 0.6 is 0 Å². The number of carbonyl (C=O) groups is 3. The summed E-state index contributed by atoms with van der Waals surface area (Å²) in [5.74, 6) is 0.587. The molecule has 1 N–H and O–H groups in total. The van der Waals surface area contributed by atoms with Gasteiger partial charge < -0.3 is 5.11 Å². The lowest BCUT2D eigenvalue weighted by atomic mass is 9.43. The van der Waals surface area contributed by atoms with E-state index in [9.17, 15) is 19.5 Å². The maximum atomic E-state index is 13.3. The Labute approximate surface area is 143 Å². The van der Waals surface area contributed by atoms with E-state index >= 15 is 0 Å². The number of aliphatic hydroxyl groups excluding tert-OH is 1. The number of aliphatic hydroxyl groups is 1. The lowest BCUT2D eigenvalue weighted by Gasteiger charge is -2.60. The molecule has 0 aromatic rings. The van der Waals surface area contributed by atoms with Crippen molar-refractivity contribution in [1.29, 1.82) is 0 Å². The predicted octanol–water partition coefficient (Wildman–Crippen LogP) is 2.56. The second-order valence-corrected chi connectivity index (χ2v) is 9.20. The molecule has 0 aromatic heterocycles. The molecule has 0 saturated heterocycles. The highest BCUT2D eigenvalue weighted by molar-refractivity contribution is 5.92. The van der Waals surface area contributed by atoms with E-state index in [1.54, 1.807) is 0 Å². The molecule has 4 heteroatoms. The monoisotopic (exact) mass is 332 g/mol. The van der Waals surface area contributed by atoms with E-state index in [4.69, 9.17) is 0 Å². The van der Waals surface area contributed by atoms with Crippen LogP contribution in [0.5, 0.6) is 0 Å². The van der Waals surface area contributed by atoms with Crippen LogP contribution in [-0.4, -0.2) is 29.1 Å². The smallest absolute Gasteiger partial charge is 0.142 e. The van der Waals surface area contributed by atoms with Gasteiger partial charge >= 0.3 is 0 Å². The highest BCUT2D eigenvalue weighted by Gasteiger charge is 2.65. The maximum Gasteiger partial charge on any atom is 0.142 e. The van der Waals surface area contributed by atoms with Crippen molar-refractivity contribution >= 4 is 17.3 Å². The van der Waals surface area contributed by atoms with Gasteiger partial charge in [0.2, 0.25) is 0 Å². The van der Waals surface area contributed by atoms with E-state index in [0.717, 1.165) is 25.7 Å². The van der Waals surface area contributed by atoms with Crippen molar-refractivity contribution in [3.8, 4) is 0 Å². The van der Waals surface area contributed by atoms with Crippen molar-refractivity contribution in [2.24, 2.45) is 40.4 Å². The van der Waals surface area contributed by atoms with E-state index in [0.29, 0.717) is 25.0 Å². The van der Waals surface area contributed by atoms with Crippen LogP contribution in [0.15, 0.2) is 0 Å². The van der Waals surface area contributed by atoms with Crippen LogP contribution in [0.2, 0.25) is 0 Å². The van der Waals surface area contributed by atoms with E-state index < -0.39 is 5.92 Å². The van der Waals surface area contributed by atoms with E-state index in [1.165, 1.54) is 0 Å². The third-order valence-corrected chi connectivity index (χ3v) is 8.44. The molecule has 7 atom stereocenters. The Bertz CT molecular complexity index is 611. The standard InChI is InChI=1S/C20H28O4/c1-19-7-5-11(22)9-15(19)12(10-21)18(24)17-13-3-4-16(23)20(13,2)8-6-14(17)19/h12-15,17,21H,3-10H2,1-2H3/t12-,13+,14+,15?,17+,19-,20+/m1/s1. The quantitative estimate of drug-likeness (QED) is 0.801. The molecule has 24 heavy (non-hydrogen) atoms. The van der Waals surface area contributed by atoms with Crippen molar-refractivity contribution in [1.82, 2.24) is 0 Å². The third-order valence-electron chi connectivity index (χ3n) is 8.44. The fourth-order valence-electron chi connectivity index (χ4n) is 6.95. The molecular formula is C20H28O4. The third kappa shape index (κ3) is 1.92. The Morgan fingerprint density at radius 2 is 1.75 bits per heavy atom. The SMILES string of the molecule is C[C@]12CCC(=O)CC1[C@@H](CO)C(=O)[C@@H]1[C@@H]2CC[C@]2(C)C(=O)CC[C@@H]12. The molecule has 0 bridgehead atoms. The molecule has 4 fully saturated rings. The second kappa shape index (κ2) is 5.23. The molecule has 0 heterocycles. The van der Waals surface area contributed by atoms with Gasteiger partial charge in [-0.05, 0) is 48.9 Å². The van der Waals surface area contributed by atoms with Crippen LogP contribution in [0, 0.1) is 40.4 Å². The largest absolute Gasteiger partial charge is 0.396 e. The first-order chi connectivity index (χ1) is 11.3. The van der Waals surface area contributed by atoms with E-state index in [1.807, 2.05) is 0 Å². The van der Waals surface area contributed by atoms with Gasteiger partial charge in [-0.1, -0.05) is 13.8 Å². The predicted molar refractivity (Wildman–Crippen MR) is 88.1 cm³/mol. The van der Waals surface area contributed by atoms with E-state index in [2.05, 4.69) is 13.8 Å². The summed E-state index contributed by atoms with van der Waals surface area (Å²) in [6.45, 7) is 4.15. The first kappa shape index (κ1) is 16.4. The Morgan fingerprint density at radius 1 is 1.00 bits per heavy atom. The molecule has 4 rings (SSSR count). The molecule has 0 spiro atoms. The Hall–Kier alpha value is -1.03. The molecule has 4 aliphatic carbocycles. The highest BCUT2D eigenvalue weighted by atomic mass is 16.3. The molecule has 4 nitrogen and oxygen atoms in total. The number of fused-ring (bicyclic) bond motifs is 5. The van der Waals surface area contributed by atoms with Gasteiger partial charge in [0, 0.05) is 36.5 Å². The average Bonchev–Trinajstić information content (AvgIpc) is 2.85. The van der Waals surface area contributed by atoms with Gasteiger partial charge in [-0.3, -0.25) is 14.4 Å². The van der Waals surface area contributed by atoms with Crippen molar-refractivity contribution in [2.45, 2.75) is 58.8 Å². The summed E-state index contributed by atoms with van der Waals surface area (Å²) in [4.78, 5) is 37.8. The zero-order valence-corrected chi connectivity index (χ0v) is 14.7. The van der Waals surface area contributed by atoms with Crippen LogP contribution in [0.4, 0.5) is 0 Å². The minimum atomic E-state index is -0.418. The maximum absolute atomic E-state index is 13.3. The van der Waals surface area contributed by atoms with Gasteiger partial charge in [-0.2, -0.15) is 0 Å². The Balaban J connectivity index is 1.77. The molecule has 1 unspecified atom stereocenters. The lowest BCUT2D eigenvalue weighted by Crippen LogP contribution is -2.61. The minimum Gasteiger partial charge on any atom is -0.396 e. The zero-order chi connectivity index (χ0) is 17.3. The van der Waals surface area contributed by atoms with Crippen molar-refractivity contribution in [3.05, 3.63) is 0 Å². The van der Waals surface area contributed by atoms with Gasteiger partial charge in [0.15, 0.2) is 0 Å². The van der Waals surface area contributed by atoms with Gasteiger partial charge in [0.05, 0.1) is 6.61 Å². The highest BCUT2D eigenvalue weighted by Crippen LogP contribution is 2.65. The van der Waals surface area contributed by atoms with Gasteiger partial charge in [-0.25, -0.2) is 0 Å². The van der Waals surface area contributed by atoms with Crippen molar-refractivity contribution < 1.29 is 19.5 Å².